The van der Waals surface area contributed by atoms with Crippen molar-refractivity contribution < 1.29 is 9.53 Å². The Labute approximate surface area is 158 Å². The Bertz CT molecular complexity index is 719. The number of hydrogen-bond acceptors (Lipinski definition) is 4. The van der Waals surface area contributed by atoms with Crippen molar-refractivity contribution in [3.05, 3.63) is 71.8 Å². The number of rotatable bonds is 7. The zero-order valence-corrected chi connectivity index (χ0v) is 16.4. The molecule has 5 heteroatoms. The van der Waals surface area contributed by atoms with Crippen molar-refractivity contribution in [2.45, 2.75) is 29.9 Å². The Morgan fingerprint density at radius 3 is 1.96 bits per heavy atom. The molecule has 1 aliphatic rings. The molecule has 1 aliphatic heterocycles. The summed E-state index contributed by atoms with van der Waals surface area (Å²) in [5.74, 6) is 0.0518. The lowest BCUT2D eigenvalue weighted by Gasteiger charge is -2.61. The summed E-state index contributed by atoms with van der Waals surface area (Å²) in [6.07, 6.45) is 4.09. The second-order valence-corrected chi connectivity index (χ2v) is 8.43. The van der Waals surface area contributed by atoms with Crippen LogP contribution < -0.4 is 0 Å². The minimum absolute atomic E-state index is 0.0518. The first-order valence-electron chi connectivity index (χ1n) is 8.21. The average molecular weight is 374 g/mol. The largest absolute Gasteiger partial charge is 0.356 e. The molecule has 1 saturated heterocycles. The molecule has 1 heterocycles. The van der Waals surface area contributed by atoms with Gasteiger partial charge in [-0.1, -0.05) is 60.7 Å². The summed E-state index contributed by atoms with van der Waals surface area (Å²) >= 11 is 3.35. The van der Waals surface area contributed by atoms with Gasteiger partial charge in [0.15, 0.2) is 9.80 Å². The van der Waals surface area contributed by atoms with E-state index in [1.54, 1.807) is 23.5 Å². The fourth-order valence-corrected chi connectivity index (χ4v) is 5.79. The number of carbonyl (C=O) groups excluding carboxylic acids is 1. The highest BCUT2D eigenvalue weighted by Crippen LogP contribution is 2.57. The Balaban J connectivity index is 1.80. The zero-order chi connectivity index (χ0) is 17.9. The van der Waals surface area contributed by atoms with Gasteiger partial charge in [0, 0.05) is 6.54 Å². The first-order valence-corrected chi connectivity index (χ1v) is 10.7. The topological polar surface area (TPSA) is 29.5 Å². The maximum Gasteiger partial charge on any atom is 0.261 e. The lowest BCUT2D eigenvalue weighted by molar-refractivity contribution is -0.197. The quantitative estimate of drug-likeness (QED) is 0.532. The molecule has 0 radical (unpaired) electrons. The Morgan fingerprint density at radius 1 is 0.920 bits per heavy atom. The molecule has 0 N–H and O–H groups in total. The van der Waals surface area contributed by atoms with Crippen LogP contribution in [0.5, 0.6) is 0 Å². The lowest BCUT2D eigenvalue weighted by atomic mass is 9.92. The van der Waals surface area contributed by atoms with Crippen LogP contribution in [0, 0.1) is 0 Å². The standard InChI is InChI=1S/C20H23NO2S2/c1-19(23-15-17-12-8-5-9-13-17)18(22)21(20(19,24-2)25-3)14-16-10-6-4-7-11-16/h4-13H,14-15H2,1-3H3. The summed E-state index contributed by atoms with van der Waals surface area (Å²) in [6, 6.07) is 20.1. The minimum Gasteiger partial charge on any atom is -0.356 e. The van der Waals surface area contributed by atoms with Gasteiger partial charge >= 0.3 is 0 Å². The molecule has 0 bridgehead atoms. The van der Waals surface area contributed by atoms with Gasteiger partial charge in [0.25, 0.3) is 5.91 Å². The van der Waals surface area contributed by atoms with Gasteiger partial charge in [-0.2, -0.15) is 0 Å². The van der Waals surface area contributed by atoms with E-state index >= 15 is 0 Å². The molecule has 1 unspecified atom stereocenters. The van der Waals surface area contributed by atoms with E-state index in [1.165, 1.54) is 0 Å². The van der Waals surface area contributed by atoms with E-state index in [0.717, 1.165) is 11.1 Å². The molecular formula is C20H23NO2S2. The molecule has 3 rings (SSSR count). The van der Waals surface area contributed by atoms with Crippen molar-refractivity contribution in [1.29, 1.82) is 0 Å². The molecule has 1 amide bonds. The van der Waals surface area contributed by atoms with Crippen molar-refractivity contribution >= 4 is 29.4 Å². The van der Waals surface area contributed by atoms with Crippen LogP contribution in [0.4, 0.5) is 0 Å². The van der Waals surface area contributed by atoms with Gasteiger partial charge in [0.2, 0.25) is 0 Å². The van der Waals surface area contributed by atoms with E-state index in [4.69, 9.17) is 4.74 Å². The van der Waals surface area contributed by atoms with Crippen LogP contribution in [0.3, 0.4) is 0 Å². The van der Waals surface area contributed by atoms with Gasteiger partial charge in [-0.05, 0) is 30.6 Å². The molecule has 132 valence electrons. The first kappa shape index (κ1) is 18.4. The lowest BCUT2D eigenvalue weighted by Crippen LogP contribution is -2.78. The summed E-state index contributed by atoms with van der Waals surface area (Å²) in [4.78, 5) is 14.9. The van der Waals surface area contributed by atoms with Crippen LogP contribution in [0.15, 0.2) is 60.7 Å². The number of benzene rings is 2. The Morgan fingerprint density at radius 2 is 1.44 bits per heavy atom. The van der Waals surface area contributed by atoms with Gasteiger partial charge in [-0.3, -0.25) is 4.79 Å². The van der Waals surface area contributed by atoms with Gasteiger partial charge in [0.1, 0.15) is 0 Å². The number of thioether (sulfide) groups is 2. The van der Waals surface area contributed by atoms with Crippen LogP contribution in [0.1, 0.15) is 18.1 Å². The second kappa shape index (κ2) is 7.44. The normalized spacial score (nSPS) is 21.9. The predicted octanol–water partition coefficient (Wildman–Crippen LogP) is 4.38. The van der Waals surface area contributed by atoms with Crippen molar-refractivity contribution in [3.63, 3.8) is 0 Å². The van der Waals surface area contributed by atoms with Crippen molar-refractivity contribution in [2.24, 2.45) is 0 Å². The van der Waals surface area contributed by atoms with Crippen LogP contribution >= 0.6 is 23.5 Å². The number of ether oxygens (including phenoxy) is 1. The summed E-state index contributed by atoms with van der Waals surface area (Å²) in [6.45, 7) is 2.96. The van der Waals surface area contributed by atoms with E-state index in [9.17, 15) is 4.79 Å². The van der Waals surface area contributed by atoms with E-state index in [-0.39, 0.29) is 5.91 Å². The predicted molar refractivity (Wildman–Crippen MR) is 106 cm³/mol. The highest BCUT2D eigenvalue weighted by atomic mass is 32.2. The van der Waals surface area contributed by atoms with E-state index in [0.29, 0.717) is 13.2 Å². The maximum absolute atomic E-state index is 13.0. The van der Waals surface area contributed by atoms with E-state index in [2.05, 4.69) is 12.1 Å². The monoisotopic (exact) mass is 373 g/mol. The number of amides is 1. The number of hydrogen-bond donors (Lipinski definition) is 0. The first-order chi connectivity index (χ1) is 12.1. The van der Waals surface area contributed by atoms with Crippen LogP contribution in [-0.4, -0.2) is 33.1 Å². The second-order valence-electron chi connectivity index (χ2n) is 6.17. The Hall–Kier alpha value is -1.43. The molecule has 0 saturated carbocycles. The summed E-state index contributed by atoms with van der Waals surface area (Å²) < 4.78 is 5.77. The van der Waals surface area contributed by atoms with Crippen molar-refractivity contribution in [2.75, 3.05) is 12.5 Å². The fourth-order valence-electron chi connectivity index (χ4n) is 3.32. The molecule has 2 aromatic carbocycles. The van der Waals surface area contributed by atoms with Gasteiger partial charge in [-0.15, -0.1) is 23.5 Å². The summed E-state index contributed by atoms with van der Waals surface area (Å²) in [5, 5.41) is 0. The number of β-lactam (4-membered cyclic amide) rings is 1. The minimum atomic E-state index is -0.837. The smallest absolute Gasteiger partial charge is 0.261 e. The maximum atomic E-state index is 13.0. The molecule has 0 spiro atoms. The molecule has 3 nitrogen and oxygen atoms in total. The van der Waals surface area contributed by atoms with Crippen molar-refractivity contribution in [3.8, 4) is 0 Å². The van der Waals surface area contributed by atoms with Gasteiger partial charge < -0.3 is 9.64 Å². The third kappa shape index (κ3) is 3.09. The molecule has 2 aromatic rings. The third-order valence-electron chi connectivity index (χ3n) is 4.72. The van der Waals surface area contributed by atoms with Crippen molar-refractivity contribution in [1.82, 2.24) is 4.90 Å². The van der Waals surface area contributed by atoms with Gasteiger partial charge in [0.05, 0.1) is 6.61 Å². The summed E-state index contributed by atoms with van der Waals surface area (Å²) in [7, 11) is 0. The summed E-state index contributed by atoms with van der Waals surface area (Å²) in [5.41, 5.74) is 1.37. The molecular weight excluding hydrogens is 350 g/mol. The van der Waals surface area contributed by atoms with Crippen LogP contribution in [-0.2, 0) is 22.7 Å². The zero-order valence-electron chi connectivity index (χ0n) is 14.8. The number of likely N-dealkylation sites (tertiary alicyclic amines) is 1. The SMILES string of the molecule is CSC1(SC)N(Cc2ccccc2)C(=O)C1(C)OCc1ccccc1. The van der Waals surface area contributed by atoms with Crippen LogP contribution in [0.25, 0.3) is 0 Å². The molecule has 1 atom stereocenters. The fraction of sp³-hybridized carbons (Fsp3) is 0.350. The highest BCUT2D eigenvalue weighted by molar-refractivity contribution is 8.17. The van der Waals surface area contributed by atoms with Crippen LogP contribution in [0.2, 0.25) is 0 Å². The van der Waals surface area contributed by atoms with E-state index < -0.39 is 9.80 Å². The number of nitrogens with zero attached hydrogens (tertiary/aromatic N) is 1. The Kier molecular flexibility index (Phi) is 5.46. The molecule has 0 aliphatic carbocycles. The molecule has 0 aromatic heterocycles. The van der Waals surface area contributed by atoms with Gasteiger partial charge in [-0.25, -0.2) is 0 Å². The highest BCUT2D eigenvalue weighted by Gasteiger charge is 2.69. The number of carbonyl (C=O) groups is 1. The molecule has 1 fully saturated rings. The molecule has 25 heavy (non-hydrogen) atoms. The average Bonchev–Trinajstić information content (AvgIpc) is 2.67. The third-order valence-corrected chi connectivity index (χ3v) is 8.05. The van der Waals surface area contributed by atoms with E-state index in [1.807, 2.05) is 72.9 Å².